The fourth-order valence-corrected chi connectivity index (χ4v) is 3.89. The normalized spacial score (nSPS) is 22.9. The summed E-state index contributed by atoms with van der Waals surface area (Å²) in [4.78, 5) is 0. The van der Waals surface area contributed by atoms with Crippen molar-refractivity contribution >= 4 is 21.8 Å². The third-order valence-electron chi connectivity index (χ3n) is 5.06. The summed E-state index contributed by atoms with van der Waals surface area (Å²) in [6, 6.07) is 0. The molecule has 3 unspecified atom stereocenters. The van der Waals surface area contributed by atoms with Crippen LogP contribution in [0.3, 0.4) is 0 Å². The molecule has 0 spiro atoms. The van der Waals surface area contributed by atoms with Gasteiger partial charge in [0.2, 0.25) is 0 Å². The van der Waals surface area contributed by atoms with Gasteiger partial charge in [0.05, 0.1) is 28.3 Å². The molecular formula is C19H39ClO4Si. The fourth-order valence-electron chi connectivity index (χ4n) is 2.87. The lowest BCUT2D eigenvalue weighted by Crippen LogP contribution is -2.59. The molecule has 4 nitrogen and oxygen atoms in total. The molecule has 0 N–H and O–H groups in total. The quantitative estimate of drug-likeness (QED) is 0.132. The van der Waals surface area contributed by atoms with Gasteiger partial charge in [0.1, 0.15) is 5.60 Å². The van der Waals surface area contributed by atoms with Crippen molar-refractivity contribution in [2.75, 3.05) is 25.7 Å². The van der Waals surface area contributed by atoms with E-state index in [2.05, 4.69) is 27.7 Å². The van der Waals surface area contributed by atoms with Crippen LogP contribution < -0.4 is 0 Å². The van der Waals surface area contributed by atoms with Gasteiger partial charge in [0, 0.05) is 26.2 Å². The highest BCUT2D eigenvalue weighted by molar-refractivity contribution is 6.18. The molecule has 0 aliphatic carbocycles. The second-order valence-corrected chi connectivity index (χ2v) is 8.98. The Morgan fingerprint density at radius 1 is 0.880 bits per heavy atom. The Labute approximate surface area is 162 Å². The highest BCUT2D eigenvalue weighted by Gasteiger charge is 2.53. The highest BCUT2D eigenvalue weighted by Crippen LogP contribution is 2.40. The van der Waals surface area contributed by atoms with Crippen molar-refractivity contribution in [3.05, 3.63) is 0 Å². The Morgan fingerprint density at radius 3 is 1.76 bits per heavy atom. The molecule has 1 rings (SSSR count). The number of unbranched alkanes of at least 4 members (excludes halogenated alkanes) is 3. The van der Waals surface area contributed by atoms with Gasteiger partial charge in [-0.1, -0.05) is 40.0 Å². The maximum absolute atomic E-state index is 6.40. The minimum atomic E-state index is -0.645. The van der Waals surface area contributed by atoms with E-state index in [1.807, 2.05) is 0 Å². The van der Waals surface area contributed by atoms with E-state index in [9.17, 15) is 0 Å². The van der Waals surface area contributed by atoms with E-state index < -0.39 is 11.0 Å². The van der Waals surface area contributed by atoms with Gasteiger partial charge in [-0.3, -0.25) is 0 Å². The summed E-state index contributed by atoms with van der Waals surface area (Å²) >= 11 is 5.95. The lowest BCUT2D eigenvalue weighted by molar-refractivity contribution is -0.283. The van der Waals surface area contributed by atoms with Crippen LogP contribution in [0.1, 0.15) is 72.6 Å². The second kappa shape index (κ2) is 11.9. The summed E-state index contributed by atoms with van der Waals surface area (Å²) in [7, 11) is 0.748. The van der Waals surface area contributed by atoms with Crippen LogP contribution in [0.4, 0.5) is 0 Å². The molecule has 0 bridgehead atoms. The predicted octanol–water partition coefficient (Wildman–Crippen LogP) is 3.61. The standard InChI is InChI=1S/C19H39ClO4Si/c1-5-8-11-21-18(4,14-16-17(15-20)24-16)19(25,22-12-9-6-2)23-13-10-7-3/h16-17H,5-15H2,1-4,25H3. The zero-order valence-electron chi connectivity index (χ0n) is 16.9. The molecular weight excluding hydrogens is 356 g/mol. The highest BCUT2D eigenvalue weighted by atomic mass is 35.5. The van der Waals surface area contributed by atoms with E-state index in [1.54, 1.807) is 0 Å². The number of hydrogen-bond acceptors (Lipinski definition) is 4. The van der Waals surface area contributed by atoms with Crippen LogP contribution in [0.5, 0.6) is 0 Å². The molecule has 0 aromatic carbocycles. The molecule has 1 heterocycles. The molecule has 1 aliphatic heterocycles. The van der Waals surface area contributed by atoms with E-state index >= 15 is 0 Å². The zero-order chi connectivity index (χ0) is 18.8. The molecule has 6 heteroatoms. The summed E-state index contributed by atoms with van der Waals surface area (Å²) in [6.45, 7) is 10.8. The molecule has 150 valence electrons. The van der Waals surface area contributed by atoms with Crippen LogP contribution in [0, 0.1) is 0 Å². The number of hydrogen-bond donors (Lipinski definition) is 0. The number of ether oxygens (including phenoxy) is 4. The maximum Gasteiger partial charge on any atom is 0.169 e. The van der Waals surface area contributed by atoms with E-state index in [0.717, 1.165) is 61.8 Å². The molecule has 25 heavy (non-hydrogen) atoms. The van der Waals surface area contributed by atoms with Crippen LogP contribution in [-0.4, -0.2) is 59.2 Å². The van der Waals surface area contributed by atoms with E-state index in [0.29, 0.717) is 19.1 Å². The Hall–Kier alpha value is 0.347. The first-order valence-electron chi connectivity index (χ1n) is 10.1. The molecule has 0 aromatic rings. The molecule has 0 aromatic heterocycles. The first-order chi connectivity index (χ1) is 12.0. The van der Waals surface area contributed by atoms with Crippen LogP contribution in [0.2, 0.25) is 0 Å². The van der Waals surface area contributed by atoms with Crippen molar-refractivity contribution in [1.82, 2.24) is 0 Å². The topological polar surface area (TPSA) is 40.2 Å². The number of halogens is 1. The minimum Gasteiger partial charge on any atom is -0.370 e. The second-order valence-electron chi connectivity index (χ2n) is 7.35. The third kappa shape index (κ3) is 7.47. The van der Waals surface area contributed by atoms with Crippen molar-refractivity contribution in [2.45, 2.75) is 95.9 Å². The summed E-state index contributed by atoms with van der Waals surface area (Å²) in [5.41, 5.74) is -1.14. The van der Waals surface area contributed by atoms with Crippen molar-refractivity contribution in [3.8, 4) is 0 Å². The molecule has 0 saturated carbocycles. The van der Waals surface area contributed by atoms with Gasteiger partial charge in [-0.15, -0.1) is 11.6 Å². The number of rotatable bonds is 16. The average molecular weight is 395 g/mol. The monoisotopic (exact) mass is 394 g/mol. The van der Waals surface area contributed by atoms with Gasteiger partial charge < -0.3 is 18.9 Å². The minimum absolute atomic E-state index is 0.146. The number of epoxide rings is 1. The lowest BCUT2D eigenvalue weighted by Gasteiger charge is -2.46. The fraction of sp³-hybridized carbons (Fsp3) is 1.00. The van der Waals surface area contributed by atoms with E-state index in [4.69, 9.17) is 30.5 Å². The first-order valence-corrected chi connectivity index (χ1v) is 11.6. The Kier molecular flexibility index (Phi) is 11.2. The maximum atomic E-state index is 6.40. The third-order valence-corrected chi connectivity index (χ3v) is 7.00. The summed E-state index contributed by atoms with van der Waals surface area (Å²) < 4.78 is 24.8. The van der Waals surface area contributed by atoms with Crippen molar-refractivity contribution in [1.29, 1.82) is 0 Å². The number of alkyl halides is 1. The van der Waals surface area contributed by atoms with Gasteiger partial charge in [-0.2, -0.15) is 0 Å². The molecule has 1 fully saturated rings. The van der Waals surface area contributed by atoms with Crippen LogP contribution in [0.25, 0.3) is 0 Å². The summed E-state index contributed by atoms with van der Waals surface area (Å²) in [5, 5.41) is 0. The van der Waals surface area contributed by atoms with Gasteiger partial charge in [0.15, 0.2) is 5.41 Å². The molecule has 3 atom stereocenters. The Morgan fingerprint density at radius 2 is 1.36 bits per heavy atom. The average Bonchev–Trinajstić information content (AvgIpc) is 3.33. The van der Waals surface area contributed by atoms with E-state index in [-0.39, 0.29) is 12.2 Å². The van der Waals surface area contributed by atoms with Crippen LogP contribution in [-0.2, 0) is 18.9 Å². The van der Waals surface area contributed by atoms with Gasteiger partial charge in [0.25, 0.3) is 0 Å². The van der Waals surface area contributed by atoms with Crippen LogP contribution in [0.15, 0.2) is 0 Å². The van der Waals surface area contributed by atoms with Crippen molar-refractivity contribution < 1.29 is 18.9 Å². The van der Waals surface area contributed by atoms with Crippen molar-refractivity contribution in [2.24, 2.45) is 0 Å². The zero-order valence-corrected chi connectivity index (χ0v) is 19.7. The predicted molar refractivity (Wildman–Crippen MR) is 108 cm³/mol. The molecule has 0 amide bonds. The van der Waals surface area contributed by atoms with Gasteiger partial charge in [-0.25, -0.2) is 0 Å². The molecule has 0 radical (unpaired) electrons. The SMILES string of the molecule is CCCCOC(C)(CC1OC1CCl)C([SiH3])(OCCCC)OCCCC. The Balaban J connectivity index is 2.85. The largest absolute Gasteiger partial charge is 0.370 e. The molecule has 1 saturated heterocycles. The lowest BCUT2D eigenvalue weighted by atomic mass is 9.96. The smallest absolute Gasteiger partial charge is 0.169 e. The summed E-state index contributed by atoms with van der Waals surface area (Å²) in [6.07, 6.45) is 7.53. The molecule has 1 aliphatic rings. The first kappa shape index (κ1) is 23.4. The Bertz CT molecular complexity index is 348. The van der Waals surface area contributed by atoms with Crippen molar-refractivity contribution in [3.63, 3.8) is 0 Å². The van der Waals surface area contributed by atoms with E-state index in [1.165, 1.54) is 0 Å². The van der Waals surface area contributed by atoms with Gasteiger partial charge in [-0.05, 0) is 26.2 Å². The summed E-state index contributed by atoms with van der Waals surface area (Å²) in [5.74, 6) is 0.539. The van der Waals surface area contributed by atoms with Crippen LogP contribution >= 0.6 is 11.6 Å². The van der Waals surface area contributed by atoms with Gasteiger partial charge >= 0.3 is 0 Å².